The van der Waals surface area contributed by atoms with Crippen molar-refractivity contribution in [2.24, 2.45) is 5.92 Å². The number of hydrogen-bond acceptors (Lipinski definition) is 4. The molecule has 1 fully saturated rings. The van der Waals surface area contributed by atoms with Crippen molar-refractivity contribution < 1.29 is 19.1 Å². The standard InChI is InChI=1S/C24H29N3O4/c1-3-17(2)21(24(30)27-13-15-31-16-14-27)26-23(29)19-11-7-8-12-20(19)25-22(28)18-9-5-4-6-10-18/h4-12,17,21H,3,13-16H2,1-2H3,(H,25,28)(H,26,29)/t17-,21-/m1/s1. The van der Waals surface area contributed by atoms with E-state index in [4.69, 9.17) is 4.74 Å². The number of hydrogen-bond donors (Lipinski definition) is 2. The van der Waals surface area contributed by atoms with Gasteiger partial charge in [-0.3, -0.25) is 14.4 Å². The summed E-state index contributed by atoms with van der Waals surface area (Å²) in [4.78, 5) is 40.5. The molecule has 0 aliphatic carbocycles. The van der Waals surface area contributed by atoms with E-state index in [-0.39, 0.29) is 17.7 Å². The molecular formula is C24H29N3O4. The number of amides is 3. The summed E-state index contributed by atoms with van der Waals surface area (Å²) in [5, 5.41) is 5.72. The SMILES string of the molecule is CC[C@@H](C)[C@@H](NC(=O)c1ccccc1NC(=O)c1ccccc1)C(=O)N1CCOCC1. The van der Waals surface area contributed by atoms with Gasteiger partial charge in [0.05, 0.1) is 24.5 Å². The Bertz CT molecular complexity index is 910. The molecule has 3 amide bonds. The molecule has 0 saturated carbocycles. The molecule has 0 spiro atoms. The minimum Gasteiger partial charge on any atom is -0.378 e. The second-order valence-electron chi connectivity index (χ2n) is 7.64. The minimum absolute atomic E-state index is 0.0367. The van der Waals surface area contributed by atoms with E-state index in [1.165, 1.54) is 0 Å². The third-order valence-corrected chi connectivity index (χ3v) is 5.54. The number of nitrogens with one attached hydrogen (secondary N) is 2. The third kappa shape index (κ3) is 5.70. The van der Waals surface area contributed by atoms with E-state index < -0.39 is 11.9 Å². The molecule has 2 aromatic rings. The Kier molecular flexibility index (Phi) is 7.78. The lowest BCUT2D eigenvalue weighted by molar-refractivity contribution is -0.138. The van der Waals surface area contributed by atoms with E-state index in [0.717, 1.165) is 6.42 Å². The number of rotatable bonds is 7. The third-order valence-electron chi connectivity index (χ3n) is 5.54. The van der Waals surface area contributed by atoms with Gasteiger partial charge in [-0.15, -0.1) is 0 Å². The molecule has 1 aliphatic heterocycles. The lowest BCUT2D eigenvalue weighted by atomic mass is 9.97. The van der Waals surface area contributed by atoms with Crippen LogP contribution in [-0.2, 0) is 9.53 Å². The van der Waals surface area contributed by atoms with Gasteiger partial charge in [0.1, 0.15) is 6.04 Å². The Morgan fingerprint density at radius 1 is 0.968 bits per heavy atom. The molecule has 7 heteroatoms. The first-order chi connectivity index (χ1) is 15.0. The van der Waals surface area contributed by atoms with Crippen LogP contribution in [0.25, 0.3) is 0 Å². The summed E-state index contributed by atoms with van der Waals surface area (Å²) >= 11 is 0. The lowest BCUT2D eigenvalue weighted by Crippen LogP contribution is -2.54. The number of carbonyl (C=O) groups excluding carboxylic acids is 3. The molecule has 2 N–H and O–H groups in total. The zero-order valence-electron chi connectivity index (χ0n) is 18.0. The molecule has 2 aromatic carbocycles. The summed E-state index contributed by atoms with van der Waals surface area (Å²) in [6, 6.07) is 15.0. The largest absolute Gasteiger partial charge is 0.378 e. The fraction of sp³-hybridized carbons (Fsp3) is 0.375. The molecule has 7 nitrogen and oxygen atoms in total. The average molecular weight is 424 g/mol. The van der Waals surface area contributed by atoms with Crippen molar-refractivity contribution in [2.45, 2.75) is 26.3 Å². The lowest BCUT2D eigenvalue weighted by Gasteiger charge is -2.33. The molecule has 0 radical (unpaired) electrons. The number of para-hydroxylation sites is 1. The number of morpholine rings is 1. The molecule has 0 aromatic heterocycles. The van der Waals surface area contributed by atoms with Crippen molar-refractivity contribution in [1.29, 1.82) is 0 Å². The van der Waals surface area contributed by atoms with Gasteiger partial charge in [-0.25, -0.2) is 0 Å². The highest BCUT2D eigenvalue weighted by Crippen LogP contribution is 2.19. The fourth-order valence-electron chi connectivity index (χ4n) is 3.46. The first-order valence-electron chi connectivity index (χ1n) is 10.6. The van der Waals surface area contributed by atoms with Crippen LogP contribution in [0.15, 0.2) is 54.6 Å². The smallest absolute Gasteiger partial charge is 0.255 e. The molecule has 1 heterocycles. The van der Waals surface area contributed by atoms with Crippen molar-refractivity contribution >= 4 is 23.4 Å². The molecular weight excluding hydrogens is 394 g/mol. The van der Waals surface area contributed by atoms with E-state index in [2.05, 4.69) is 10.6 Å². The van der Waals surface area contributed by atoms with Crippen molar-refractivity contribution in [2.75, 3.05) is 31.6 Å². The van der Waals surface area contributed by atoms with Gasteiger partial charge >= 0.3 is 0 Å². The van der Waals surface area contributed by atoms with Gasteiger partial charge in [0.15, 0.2) is 0 Å². The predicted molar refractivity (Wildman–Crippen MR) is 119 cm³/mol. The molecule has 31 heavy (non-hydrogen) atoms. The zero-order chi connectivity index (χ0) is 22.2. The minimum atomic E-state index is -0.645. The molecule has 1 saturated heterocycles. The van der Waals surface area contributed by atoms with Gasteiger partial charge in [-0.1, -0.05) is 50.6 Å². The Labute approximate surface area is 182 Å². The number of anilines is 1. The number of ether oxygens (including phenoxy) is 1. The van der Waals surface area contributed by atoms with Gasteiger partial charge in [-0.2, -0.15) is 0 Å². The predicted octanol–water partition coefficient (Wildman–Crippen LogP) is 2.94. The van der Waals surface area contributed by atoms with E-state index in [1.54, 1.807) is 53.4 Å². The molecule has 2 atom stereocenters. The topological polar surface area (TPSA) is 87.7 Å². The normalized spacial score (nSPS) is 15.6. The van der Waals surface area contributed by atoms with Crippen LogP contribution in [0, 0.1) is 5.92 Å². The number of nitrogens with zero attached hydrogens (tertiary/aromatic N) is 1. The van der Waals surface area contributed by atoms with Gasteiger partial charge in [0, 0.05) is 18.7 Å². The highest BCUT2D eigenvalue weighted by atomic mass is 16.5. The zero-order valence-corrected chi connectivity index (χ0v) is 18.0. The molecule has 3 rings (SSSR count). The first-order valence-corrected chi connectivity index (χ1v) is 10.6. The van der Waals surface area contributed by atoms with Gasteiger partial charge in [-0.05, 0) is 30.2 Å². The van der Waals surface area contributed by atoms with Crippen molar-refractivity contribution in [3.63, 3.8) is 0 Å². The van der Waals surface area contributed by atoms with E-state index in [1.807, 2.05) is 19.9 Å². The van der Waals surface area contributed by atoms with Crippen LogP contribution in [0.5, 0.6) is 0 Å². The highest BCUT2D eigenvalue weighted by Gasteiger charge is 2.31. The van der Waals surface area contributed by atoms with Crippen LogP contribution in [0.4, 0.5) is 5.69 Å². The monoisotopic (exact) mass is 423 g/mol. The highest BCUT2D eigenvalue weighted by molar-refractivity contribution is 6.09. The van der Waals surface area contributed by atoms with Crippen molar-refractivity contribution in [3.05, 3.63) is 65.7 Å². The summed E-state index contributed by atoms with van der Waals surface area (Å²) in [5.41, 5.74) is 1.21. The summed E-state index contributed by atoms with van der Waals surface area (Å²) in [5.74, 6) is -0.832. The van der Waals surface area contributed by atoms with Gasteiger partial charge in [0.25, 0.3) is 11.8 Å². The number of benzene rings is 2. The van der Waals surface area contributed by atoms with Crippen LogP contribution in [-0.4, -0.2) is 55.0 Å². The van der Waals surface area contributed by atoms with Crippen LogP contribution >= 0.6 is 0 Å². The van der Waals surface area contributed by atoms with Crippen molar-refractivity contribution in [1.82, 2.24) is 10.2 Å². The maximum atomic E-state index is 13.1. The van der Waals surface area contributed by atoms with Crippen LogP contribution < -0.4 is 10.6 Å². The first kappa shape index (κ1) is 22.5. The van der Waals surface area contributed by atoms with E-state index in [9.17, 15) is 14.4 Å². The maximum absolute atomic E-state index is 13.1. The van der Waals surface area contributed by atoms with E-state index >= 15 is 0 Å². The molecule has 164 valence electrons. The average Bonchev–Trinajstić information content (AvgIpc) is 2.83. The second kappa shape index (κ2) is 10.7. The Balaban J connectivity index is 1.77. The van der Waals surface area contributed by atoms with Gasteiger partial charge in [0.2, 0.25) is 5.91 Å². The van der Waals surface area contributed by atoms with Crippen LogP contribution in [0.3, 0.4) is 0 Å². The molecule has 0 bridgehead atoms. The van der Waals surface area contributed by atoms with E-state index in [0.29, 0.717) is 43.1 Å². The number of carbonyl (C=O) groups is 3. The summed E-state index contributed by atoms with van der Waals surface area (Å²) in [7, 11) is 0. The van der Waals surface area contributed by atoms with Crippen LogP contribution in [0.2, 0.25) is 0 Å². The second-order valence-corrected chi connectivity index (χ2v) is 7.64. The van der Waals surface area contributed by atoms with Gasteiger partial charge < -0.3 is 20.3 Å². The fourth-order valence-corrected chi connectivity index (χ4v) is 3.46. The quantitative estimate of drug-likeness (QED) is 0.717. The maximum Gasteiger partial charge on any atom is 0.255 e. The summed E-state index contributed by atoms with van der Waals surface area (Å²) < 4.78 is 5.33. The Morgan fingerprint density at radius 2 is 1.61 bits per heavy atom. The molecule has 0 unspecified atom stereocenters. The van der Waals surface area contributed by atoms with Crippen LogP contribution in [0.1, 0.15) is 41.0 Å². The van der Waals surface area contributed by atoms with Crippen molar-refractivity contribution in [3.8, 4) is 0 Å². The summed E-state index contributed by atoms with van der Waals surface area (Å²) in [6.45, 7) is 5.98. The Hall–Kier alpha value is -3.19. The molecule has 1 aliphatic rings. The Morgan fingerprint density at radius 3 is 2.29 bits per heavy atom. The summed E-state index contributed by atoms with van der Waals surface area (Å²) in [6.07, 6.45) is 0.743.